The molecule has 2 nitrogen and oxygen atoms in total. The molecule has 0 aliphatic carbocycles. The topological polar surface area (TPSA) is 33.1 Å². The molecule has 0 radical (unpaired) electrons. The van der Waals surface area contributed by atoms with E-state index in [9.17, 15) is 5.11 Å². The van der Waals surface area contributed by atoms with Crippen LogP contribution in [-0.2, 0) is 12.8 Å². The molecule has 3 aromatic rings. The Kier molecular flexibility index (Phi) is 7.36. The molecule has 3 heteroatoms. The van der Waals surface area contributed by atoms with E-state index in [1.807, 2.05) is 0 Å². The lowest BCUT2D eigenvalue weighted by Gasteiger charge is -2.12. The third-order valence-corrected chi connectivity index (χ3v) is 7.07. The van der Waals surface area contributed by atoms with Crippen LogP contribution < -0.4 is 0 Å². The van der Waals surface area contributed by atoms with Crippen molar-refractivity contribution in [2.24, 2.45) is 11.8 Å². The normalized spacial score (nSPS) is 13.7. The van der Waals surface area contributed by atoms with Gasteiger partial charge in [-0.1, -0.05) is 90.1 Å². The lowest BCUT2D eigenvalue weighted by atomic mass is 9.96. The number of thiazole rings is 1. The van der Waals surface area contributed by atoms with E-state index in [0.29, 0.717) is 11.8 Å². The van der Waals surface area contributed by atoms with Crippen molar-refractivity contribution < 1.29 is 5.11 Å². The number of rotatable bonds is 8. The van der Waals surface area contributed by atoms with Gasteiger partial charge in [-0.15, -0.1) is 11.3 Å². The molecular weight excluding hydrogens is 386 g/mol. The van der Waals surface area contributed by atoms with Gasteiger partial charge in [-0.3, -0.25) is 0 Å². The summed E-state index contributed by atoms with van der Waals surface area (Å²) in [6, 6.07) is 17.7. The maximum Gasteiger partial charge on any atom is 0.226 e. The highest BCUT2D eigenvalue weighted by molar-refractivity contribution is 7.12. The highest BCUT2D eigenvalue weighted by Gasteiger charge is 2.22. The largest absolute Gasteiger partial charge is 0.492 e. The Morgan fingerprint density at radius 1 is 0.700 bits per heavy atom. The zero-order chi connectivity index (χ0) is 21.8. The van der Waals surface area contributed by atoms with E-state index in [4.69, 9.17) is 0 Å². The molecule has 0 aliphatic rings. The zero-order valence-electron chi connectivity index (χ0n) is 19.1. The quantitative estimate of drug-likeness (QED) is 0.407. The monoisotopic (exact) mass is 421 g/mol. The molecule has 2 aromatic carbocycles. The second-order valence-electron chi connectivity index (χ2n) is 9.36. The smallest absolute Gasteiger partial charge is 0.226 e. The molecule has 30 heavy (non-hydrogen) atoms. The molecule has 0 aliphatic heterocycles. The molecule has 0 saturated heterocycles. The number of aromatic hydroxyl groups is 1. The molecule has 0 spiro atoms. The van der Waals surface area contributed by atoms with Crippen LogP contribution in [0.25, 0.3) is 0 Å². The summed E-state index contributed by atoms with van der Waals surface area (Å²) in [5, 5.41) is 11.5. The minimum atomic E-state index is 0.130. The van der Waals surface area contributed by atoms with Crippen LogP contribution in [0.5, 0.6) is 5.88 Å². The van der Waals surface area contributed by atoms with Crippen LogP contribution in [-0.4, -0.2) is 10.1 Å². The predicted molar refractivity (Wildman–Crippen MR) is 129 cm³/mol. The van der Waals surface area contributed by atoms with Crippen LogP contribution >= 0.6 is 11.3 Å². The number of aromatic nitrogens is 1. The summed E-state index contributed by atoms with van der Waals surface area (Å²) in [5.74, 6) is 1.79. The van der Waals surface area contributed by atoms with Gasteiger partial charge in [0.05, 0.1) is 4.88 Å². The Balaban J connectivity index is 1.77. The second-order valence-corrected chi connectivity index (χ2v) is 10.4. The van der Waals surface area contributed by atoms with Gasteiger partial charge in [-0.05, 0) is 46.9 Å². The van der Waals surface area contributed by atoms with E-state index in [1.54, 1.807) is 11.3 Å². The first-order valence-electron chi connectivity index (χ1n) is 11.1. The summed E-state index contributed by atoms with van der Waals surface area (Å²) < 4.78 is 0. The molecule has 1 heterocycles. The zero-order valence-corrected chi connectivity index (χ0v) is 20.0. The molecule has 0 amide bonds. The summed E-state index contributed by atoms with van der Waals surface area (Å²) in [5.41, 5.74) is 5.20. The van der Waals surface area contributed by atoms with Crippen molar-refractivity contribution in [2.45, 2.75) is 66.2 Å². The fourth-order valence-electron chi connectivity index (χ4n) is 3.93. The summed E-state index contributed by atoms with van der Waals surface area (Å²) >= 11 is 1.63. The Morgan fingerprint density at radius 2 is 1.13 bits per heavy atom. The molecule has 1 aromatic heterocycles. The van der Waals surface area contributed by atoms with Gasteiger partial charge < -0.3 is 5.11 Å². The molecule has 2 unspecified atom stereocenters. The molecule has 0 saturated carbocycles. The van der Waals surface area contributed by atoms with Crippen LogP contribution in [0, 0.1) is 11.8 Å². The molecule has 160 valence electrons. The van der Waals surface area contributed by atoms with Crippen molar-refractivity contribution in [2.75, 3.05) is 0 Å². The summed E-state index contributed by atoms with van der Waals surface area (Å²) in [4.78, 5) is 5.48. The Morgan fingerprint density at radius 3 is 1.57 bits per heavy atom. The van der Waals surface area contributed by atoms with Crippen molar-refractivity contribution in [3.05, 3.63) is 80.7 Å². The van der Waals surface area contributed by atoms with Gasteiger partial charge in [0.2, 0.25) is 5.88 Å². The summed E-state index contributed by atoms with van der Waals surface area (Å²) in [6.07, 6.45) is 2.20. The van der Waals surface area contributed by atoms with E-state index in [-0.39, 0.29) is 17.7 Å². The van der Waals surface area contributed by atoms with Crippen molar-refractivity contribution in [3.8, 4) is 5.88 Å². The van der Waals surface area contributed by atoms with Gasteiger partial charge in [0.25, 0.3) is 0 Å². The first-order valence-corrected chi connectivity index (χ1v) is 11.9. The maximum absolute atomic E-state index is 10.6. The van der Waals surface area contributed by atoms with Crippen molar-refractivity contribution >= 4 is 11.3 Å². The van der Waals surface area contributed by atoms with Gasteiger partial charge in [0.15, 0.2) is 0 Å². The van der Waals surface area contributed by atoms with Crippen molar-refractivity contribution in [1.29, 1.82) is 0 Å². The highest BCUT2D eigenvalue weighted by Crippen LogP contribution is 2.39. The van der Waals surface area contributed by atoms with Gasteiger partial charge in [0.1, 0.15) is 5.01 Å². The standard InChI is InChI=1S/C27H35NOS/c1-17(2)15-21-7-11-23(12-8-21)19(5)25-26(29)28-27(30-25)20(6)24-13-9-22(10-14-24)16-18(3)4/h7-14,17-20,29H,15-16H2,1-6H3. The molecule has 1 N–H and O–H groups in total. The number of nitrogens with zero attached hydrogens (tertiary/aromatic N) is 1. The first-order chi connectivity index (χ1) is 14.2. The second kappa shape index (κ2) is 9.78. The van der Waals surface area contributed by atoms with E-state index >= 15 is 0 Å². The van der Waals surface area contributed by atoms with E-state index in [2.05, 4.69) is 95.1 Å². The minimum absolute atomic E-state index is 0.130. The van der Waals surface area contributed by atoms with Crippen LogP contribution in [0.4, 0.5) is 0 Å². The third-order valence-electron chi connectivity index (χ3n) is 5.66. The Bertz CT molecular complexity index is 938. The molecule has 3 rings (SSSR count). The maximum atomic E-state index is 10.6. The summed E-state index contributed by atoms with van der Waals surface area (Å²) in [6.45, 7) is 13.3. The summed E-state index contributed by atoms with van der Waals surface area (Å²) in [7, 11) is 0. The van der Waals surface area contributed by atoms with E-state index in [0.717, 1.165) is 22.7 Å². The van der Waals surface area contributed by atoms with Crippen molar-refractivity contribution in [1.82, 2.24) is 4.98 Å². The van der Waals surface area contributed by atoms with Gasteiger partial charge >= 0.3 is 0 Å². The van der Waals surface area contributed by atoms with Crippen LogP contribution in [0.1, 0.15) is 85.5 Å². The van der Waals surface area contributed by atoms with Crippen molar-refractivity contribution in [3.63, 3.8) is 0 Å². The predicted octanol–water partition coefficient (Wildman–Crippen LogP) is 7.55. The first kappa shape index (κ1) is 22.6. The lowest BCUT2D eigenvalue weighted by Crippen LogP contribution is -1.98. The van der Waals surface area contributed by atoms with Crippen LogP contribution in [0.15, 0.2) is 48.5 Å². The van der Waals surface area contributed by atoms with Gasteiger partial charge in [0, 0.05) is 11.8 Å². The molecule has 0 bridgehead atoms. The minimum Gasteiger partial charge on any atom is -0.492 e. The van der Waals surface area contributed by atoms with E-state index in [1.165, 1.54) is 22.3 Å². The van der Waals surface area contributed by atoms with Crippen LogP contribution in [0.3, 0.4) is 0 Å². The van der Waals surface area contributed by atoms with Crippen LogP contribution in [0.2, 0.25) is 0 Å². The number of hydrogen-bond acceptors (Lipinski definition) is 3. The third kappa shape index (κ3) is 5.51. The molecule has 0 fully saturated rings. The van der Waals surface area contributed by atoms with Gasteiger partial charge in [-0.25, -0.2) is 4.98 Å². The Labute approximate surface area is 186 Å². The number of hydrogen-bond donors (Lipinski definition) is 1. The fraction of sp³-hybridized carbons (Fsp3) is 0.444. The molecular formula is C27H35NOS. The number of benzene rings is 2. The fourth-order valence-corrected chi connectivity index (χ4v) is 5.05. The van der Waals surface area contributed by atoms with E-state index < -0.39 is 0 Å². The van der Waals surface area contributed by atoms with Gasteiger partial charge in [-0.2, -0.15) is 0 Å². The average molecular weight is 422 g/mol. The SMILES string of the molecule is CC(C)Cc1ccc(C(C)c2nc(O)c(C(C)c3ccc(CC(C)C)cc3)s2)cc1. The molecule has 2 atom stereocenters. The average Bonchev–Trinajstić information content (AvgIpc) is 3.09. The lowest BCUT2D eigenvalue weighted by molar-refractivity contribution is 0.447. The highest BCUT2D eigenvalue weighted by atomic mass is 32.1. The Hall–Kier alpha value is -2.13.